The molecule has 0 bridgehead atoms. The van der Waals surface area contributed by atoms with Crippen LogP contribution in [0.5, 0.6) is 0 Å². The van der Waals surface area contributed by atoms with Crippen molar-refractivity contribution >= 4 is 29.3 Å². The third-order valence-electron chi connectivity index (χ3n) is 5.15. The first-order valence-corrected chi connectivity index (χ1v) is 11.6. The van der Waals surface area contributed by atoms with Crippen LogP contribution in [-0.2, 0) is 11.3 Å². The summed E-state index contributed by atoms with van der Waals surface area (Å²) < 4.78 is 1.93. The summed E-state index contributed by atoms with van der Waals surface area (Å²) in [6.45, 7) is 10.4. The summed E-state index contributed by atoms with van der Waals surface area (Å²) in [4.78, 5) is 25.1. The molecule has 2 aromatic carbocycles. The predicted octanol–water partition coefficient (Wildman–Crippen LogP) is 4.45. The Hall–Kier alpha value is -3.13. The number of amides is 2. The van der Waals surface area contributed by atoms with Crippen molar-refractivity contribution in [2.45, 2.75) is 52.4 Å². The number of rotatable bonds is 8. The van der Waals surface area contributed by atoms with Gasteiger partial charge >= 0.3 is 0 Å². The van der Waals surface area contributed by atoms with E-state index in [0.29, 0.717) is 23.1 Å². The van der Waals surface area contributed by atoms with Gasteiger partial charge in [-0.3, -0.25) is 9.59 Å². The SMILES string of the molecule is CCn1c(SCC(=O)Nc2c(C)cccc2C)nnc1[C@@H](C)NC(=O)c1cccc(C)c1. The Kier molecular flexibility index (Phi) is 7.69. The molecule has 2 N–H and O–H groups in total. The van der Waals surface area contributed by atoms with E-state index in [4.69, 9.17) is 0 Å². The number of nitrogens with one attached hydrogen (secondary N) is 2. The molecule has 2 amide bonds. The van der Waals surface area contributed by atoms with Gasteiger partial charge in [-0.25, -0.2) is 0 Å². The first-order valence-electron chi connectivity index (χ1n) is 10.6. The smallest absolute Gasteiger partial charge is 0.251 e. The van der Waals surface area contributed by atoms with E-state index in [1.165, 1.54) is 11.8 Å². The van der Waals surface area contributed by atoms with E-state index in [2.05, 4.69) is 20.8 Å². The van der Waals surface area contributed by atoms with Gasteiger partial charge < -0.3 is 15.2 Å². The molecule has 7 nitrogen and oxygen atoms in total. The van der Waals surface area contributed by atoms with Crippen LogP contribution in [0.1, 0.15) is 52.8 Å². The quantitative estimate of drug-likeness (QED) is 0.494. The summed E-state index contributed by atoms with van der Waals surface area (Å²) in [6.07, 6.45) is 0. The lowest BCUT2D eigenvalue weighted by Crippen LogP contribution is -2.28. The van der Waals surface area contributed by atoms with Crippen molar-refractivity contribution in [3.05, 3.63) is 70.5 Å². The van der Waals surface area contributed by atoms with Crippen LogP contribution >= 0.6 is 11.8 Å². The van der Waals surface area contributed by atoms with Crippen LogP contribution < -0.4 is 10.6 Å². The van der Waals surface area contributed by atoms with Crippen molar-refractivity contribution in [2.75, 3.05) is 11.1 Å². The first-order chi connectivity index (χ1) is 15.3. The molecule has 0 saturated heterocycles. The normalized spacial score (nSPS) is 11.8. The lowest BCUT2D eigenvalue weighted by Gasteiger charge is -2.15. The fraction of sp³-hybridized carbons (Fsp3) is 0.333. The second-order valence-corrected chi connectivity index (χ2v) is 8.70. The number of carbonyl (C=O) groups is 2. The highest BCUT2D eigenvalue weighted by Crippen LogP contribution is 2.23. The number of anilines is 1. The van der Waals surface area contributed by atoms with E-state index in [0.717, 1.165) is 22.4 Å². The predicted molar refractivity (Wildman–Crippen MR) is 128 cm³/mol. The van der Waals surface area contributed by atoms with E-state index < -0.39 is 0 Å². The Morgan fingerprint density at radius 1 is 1.06 bits per heavy atom. The molecular weight excluding hydrogens is 422 g/mol. The molecule has 0 aliphatic carbocycles. The van der Waals surface area contributed by atoms with E-state index in [1.807, 2.05) is 75.6 Å². The van der Waals surface area contributed by atoms with Crippen LogP contribution in [0.2, 0.25) is 0 Å². The van der Waals surface area contributed by atoms with Gasteiger partial charge in [-0.2, -0.15) is 0 Å². The first kappa shape index (κ1) is 23.5. The summed E-state index contributed by atoms with van der Waals surface area (Å²) in [5.41, 5.74) is 4.54. The number of benzene rings is 2. The van der Waals surface area contributed by atoms with Gasteiger partial charge in [0.05, 0.1) is 11.8 Å². The maximum absolute atomic E-state index is 12.6. The van der Waals surface area contributed by atoms with Gasteiger partial charge in [0.1, 0.15) is 0 Å². The highest BCUT2D eigenvalue weighted by molar-refractivity contribution is 7.99. The molecule has 32 heavy (non-hydrogen) atoms. The highest BCUT2D eigenvalue weighted by atomic mass is 32.2. The third-order valence-corrected chi connectivity index (χ3v) is 6.12. The molecule has 168 valence electrons. The number of hydrogen-bond acceptors (Lipinski definition) is 5. The Bertz CT molecular complexity index is 1110. The van der Waals surface area contributed by atoms with E-state index in [9.17, 15) is 9.59 Å². The summed E-state index contributed by atoms with van der Waals surface area (Å²) in [7, 11) is 0. The Morgan fingerprint density at radius 2 is 1.75 bits per heavy atom. The second-order valence-electron chi connectivity index (χ2n) is 7.75. The molecule has 0 aliphatic heterocycles. The average Bonchev–Trinajstić information content (AvgIpc) is 3.18. The fourth-order valence-corrected chi connectivity index (χ4v) is 4.28. The zero-order valence-corrected chi connectivity index (χ0v) is 19.9. The van der Waals surface area contributed by atoms with E-state index in [-0.39, 0.29) is 23.6 Å². The van der Waals surface area contributed by atoms with Crippen LogP contribution in [0.4, 0.5) is 5.69 Å². The number of thioether (sulfide) groups is 1. The van der Waals surface area contributed by atoms with Gasteiger partial charge in [0.2, 0.25) is 5.91 Å². The minimum atomic E-state index is -0.326. The van der Waals surface area contributed by atoms with Crippen LogP contribution in [0.25, 0.3) is 0 Å². The summed E-state index contributed by atoms with van der Waals surface area (Å²) in [6, 6.07) is 13.0. The Balaban J connectivity index is 1.65. The highest BCUT2D eigenvalue weighted by Gasteiger charge is 2.20. The van der Waals surface area contributed by atoms with Gasteiger partial charge in [0.25, 0.3) is 5.91 Å². The number of para-hydroxylation sites is 1. The Morgan fingerprint density at radius 3 is 2.41 bits per heavy atom. The minimum absolute atomic E-state index is 0.0969. The van der Waals surface area contributed by atoms with Crippen molar-refractivity contribution in [1.82, 2.24) is 20.1 Å². The number of aromatic nitrogens is 3. The molecule has 0 fully saturated rings. The number of carbonyl (C=O) groups excluding carboxylic acids is 2. The molecule has 0 aliphatic rings. The molecule has 1 heterocycles. The average molecular weight is 452 g/mol. The van der Waals surface area contributed by atoms with Crippen LogP contribution in [0.3, 0.4) is 0 Å². The molecule has 0 radical (unpaired) electrons. The maximum Gasteiger partial charge on any atom is 0.251 e. The third kappa shape index (κ3) is 5.56. The molecular formula is C24H29N5O2S. The number of hydrogen-bond donors (Lipinski definition) is 2. The van der Waals surface area contributed by atoms with E-state index >= 15 is 0 Å². The van der Waals surface area contributed by atoms with Crippen LogP contribution in [0, 0.1) is 20.8 Å². The topological polar surface area (TPSA) is 88.9 Å². The summed E-state index contributed by atoms with van der Waals surface area (Å²) >= 11 is 1.33. The van der Waals surface area contributed by atoms with E-state index in [1.54, 1.807) is 6.07 Å². The van der Waals surface area contributed by atoms with Crippen molar-refractivity contribution < 1.29 is 9.59 Å². The molecule has 3 rings (SSSR count). The second kappa shape index (κ2) is 10.5. The zero-order valence-electron chi connectivity index (χ0n) is 19.1. The summed E-state index contributed by atoms with van der Waals surface area (Å²) in [5, 5.41) is 15.2. The summed E-state index contributed by atoms with van der Waals surface area (Å²) in [5.74, 6) is 0.622. The van der Waals surface area contributed by atoms with Gasteiger partial charge in [-0.15, -0.1) is 10.2 Å². The molecule has 8 heteroatoms. The van der Waals surface area contributed by atoms with Crippen molar-refractivity contribution in [1.29, 1.82) is 0 Å². The largest absolute Gasteiger partial charge is 0.342 e. The molecule has 3 aromatic rings. The van der Waals surface area contributed by atoms with Crippen LogP contribution in [0.15, 0.2) is 47.6 Å². The minimum Gasteiger partial charge on any atom is -0.342 e. The standard InChI is InChI=1S/C24H29N5O2S/c1-6-29-22(18(5)25-23(31)19-12-7-9-15(2)13-19)27-28-24(29)32-14-20(30)26-21-16(3)10-8-11-17(21)4/h7-13,18H,6,14H2,1-5H3,(H,25,31)(H,26,30)/t18-/m1/s1. The molecule has 1 atom stereocenters. The van der Waals surface area contributed by atoms with Crippen LogP contribution in [-0.4, -0.2) is 32.3 Å². The number of nitrogens with zero attached hydrogens (tertiary/aromatic N) is 3. The lowest BCUT2D eigenvalue weighted by atomic mass is 10.1. The van der Waals surface area contributed by atoms with Gasteiger partial charge in [0, 0.05) is 17.8 Å². The molecule has 0 unspecified atom stereocenters. The van der Waals surface area contributed by atoms with Gasteiger partial charge in [0.15, 0.2) is 11.0 Å². The lowest BCUT2D eigenvalue weighted by molar-refractivity contribution is -0.113. The molecule has 0 spiro atoms. The monoisotopic (exact) mass is 451 g/mol. The van der Waals surface area contributed by atoms with Crippen molar-refractivity contribution in [3.8, 4) is 0 Å². The van der Waals surface area contributed by atoms with Crippen molar-refractivity contribution in [2.24, 2.45) is 0 Å². The number of aryl methyl sites for hydroxylation is 3. The molecule has 1 aromatic heterocycles. The van der Waals surface area contributed by atoms with Crippen molar-refractivity contribution in [3.63, 3.8) is 0 Å². The molecule has 0 saturated carbocycles. The van der Waals surface area contributed by atoms with Gasteiger partial charge in [-0.1, -0.05) is 47.7 Å². The van der Waals surface area contributed by atoms with Gasteiger partial charge in [-0.05, 0) is 57.9 Å². The zero-order chi connectivity index (χ0) is 23.3. The Labute approximate surface area is 193 Å². The maximum atomic E-state index is 12.6. The fourth-order valence-electron chi connectivity index (χ4n) is 3.47.